The molecule has 0 atom stereocenters. The maximum atomic E-state index is 12.2. The number of aromatic nitrogens is 4. The molecule has 1 amide bonds. The zero-order chi connectivity index (χ0) is 19.6. The third kappa shape index (κ3) is 4.66. The first kappa shape index (κ1) is 19.4. The number of hydrogen-bond acceptors (Lipinski definition) is 7. The summed E-state index contributed by atoms with van der Waals surface area (Å²) in [4.78, 5) is 24.6. The highest BCUT2D eigenvalue weighted by Gasteiger charge is 2.25. The Bertz CT molecular complexity index is 1060. The highest BCUT2D eigenvalue weighted by Crippen LogP contribution is 2.28. The van der Waals surface area contributed by atoms with Gasteiger partial charge in [-0.15, -0.1) is 25.5 Å². The average molecular weight is 416 g/mol. The van der Waals surface area contributed by atoms with Crippen LogP contribution in [0, 0.1) is 5.92 Å². The van der Waals surface area contributed by atoms with Crippen molar-refractivity contribution in [3.8, 4) is 6.01 Å². The number of carbonyl (C=O) groups is 1. The molecule has 1 N–H and O–H groups in total. The molecule has 1 aliphatic rings. The van der Waals surface area contributed by atoms with E-state index in [2.05, 4.69) is 9.50 Å². The summed E-state index contributed by atoms with van der Waals surface area (Å²) in [7, 11) is -2.98. The Morgan fingerprint density at radius 2 is 2.22 bits per heavy atom. The van der Waals surface area contributed by atoms with E-state index >= 15 is 0 Å². The van der Waals surface area contributed by atoms with E-state index in [1.165, 1.54) is 7.05 Å². The fraction of sp³-hybridized carbons (Fsp3) is 0.571. The predicted molar refractivity (Wildman–Crippen MR) is 96.7 cm³/mol. The van der Waals surface area contributed by atoms with E-state index in [0.29, 0.717) is 23.8 Å². The molecule has 148 valence electrons. The van der Waals surface area contributed by atoms with Crippen LogP contribution in [0.3, 0.4) is 0 Å². The molecule has 3 rings (SSSR count). The summed E-state index contributed by atoms with van der Waals surface area (Å²) in [5.41, 5.74) is -0.814. The van der Waals surface area contributed by atoms with Crippen LogP contribution in [0.5, 0.6) is 6.01 Å². The van der Waals surface area contributed by atoms with Gasteiger partial charge in [-0.05, 0) is 25.2 Å². The minimum atomic E-state index is -4.36. The molecule has 2 aromatic rings. The van der Waals surface area contributed by atoms with Gasteiger partial charge in [0.05, 0.1) is 6.61 Å². The van der Waals surface area contributed by atoms with Gasteiger partial charge in [0, 0.05) is 25.2 Å². The molecule has 27 heavy (non-hydrogen) atoms. The van der Waals surface area contributed by atoms with Gasteiger partial charge in [0.2, 0.25) is 4.80 Å². The topological polar surface area (TPSA) is 130 Å². The number of nitrogens with one attached hydrogen (secondary N) is 1. The molecule has 1 saturated carbocycles. The summed E-state index contributed by atoms with van der Waals surface area (Å²) >= 11 is 1.12. The molecule has 0 spiro atoms. The Labute approximate surface area is 159 Å². The summed E-state index contributed by atoms with van der Waals surface area (Å²) in [5, 5.41) is 5.45. The molecule has 0 radical (unpaired) electrons. The van der Waals surface area contributed by atoms with Crippen molar-refractivity contribution in [1.29, 1.82) is 0 Å². The fourth-order valence-corrected chi connectivity index (χ4v) is 3.96. The molecule has 1 aliphatic carbocycles. The Balaban J connectivity index is 1.78. The number of thiazole rings is 1. The van der Waals surface area contributed by atoms with Crippen molar-refractivity contribution in [3.63, 3.8) is 0 Å². The number of amides is 1. The van der Waals surface area contributed by atoms with Crippen molar-refractivity contribution < 1.29 is 17.9 Å². The summed E-state index contributed by atoms with van der Waals surface area (Å²) in [6.07, 6.45) is 4.60. The predicted octanol–water partition coefficient (Wildman–Crippen LogP) is 0.0470. The largest absolute Gasteiger partial charge is 0.463 e. The second-order valence-electron chi connectivity index (χ2n) is 6.14. The lowest BCUT2D eigenvalue weighted by molar-refractivity contribution is 0.241. The van der Waals surface area contributed by atoms with Crippen LogP contribution in [0.15, 0.2) is 20.8 Å². The monoisotopic (exact) mass is 416 g/mol. The smallest absolute Gasteiger partial charge is 0.361 e. The van der Waals surface area contributed by atoms with E-state index in [0.717, 1.165) is 35.2 Å². The number of nitrogens with zero attached hydrogens (tertiary/aromatic N) is 5. The van der Waals surface area contributed by atoms with Gasteiger partial charge in [0.25, 0.3) is 0 Å². The van der Waals surface area contributed by atoms with E-state index in [1.54, 1.807) is 20.9 Å². The van der Waals surface area contributed by atoms with E-state index in [9.17, 15) is 18.0 Å². The SMILES string of the molecule is CCCn1ccs/c1=N\S(=O)(=O)NC(=O)n1nc(OCC2CC2)n(C)c1=O. The molecule has 2 aromatic heterocycles. The standard InChI is InChI=1S/C14H20N6O5S2/c1-3-6-19-7-8-26-13(19)17-27(23,24)16-11(21)20-14(22)18(2)12(15-20)25-9-10-4-5-10/h7-8,10H,3-6,9H2,1-2H3,(H,16,21)/b17-13-. The lowest BCUT2D eigenvalue weighted by Gasteiger charge is -2.02. The molecule has 0 aliphatic heterocycles. The van der Waals surface area contributed by atoms with E-state index in [-0.39, 0.29) is 10.8 Å². The van der Waals surface area contributed by atoms with Crippen LogP contribution in [0.4, 0.5) is 4.79 Å². The third-order valence-electron chi connectivity index (χ3n) is 3.82. The number of aryl methyl sites for hydroxylation is 1. The second kappa shape index (κ2) is 7.68. The van der Waals surface area contributed by atoms with Crippen molar-refractivity contribution in [2.45, 2.75) is 32.7 Å². The van der Waals surface area contributed by atoms with Gasteiger partial charge in [-0.2, -0.15) is 8.42 Å². The van der Waals surface area contributed by atoms with Crippen LogP contribution in [0.25, 0.3) is 0 Å². The van der Waals surface area contributed by atoms with Gasteiger partial charge in [-0.25, -0.2) is 18.9 Å². The summed E-state index contributed by atoms with van der Waals surface area (Å²) in [6.45, 7) is 2.93. The second-order valence-corrected chi connectivity index (χ2v) is 8.35. The van der Waals surface area contributed by atoms with Crippen LogP contribution in [-0.2, 0) is 23.8 Å². The first-order chi connectivity index (χ1) is 12.8. The fourth-order valence-electron chi connectivity index (χ4n) is 2.21. The van der Waals surface area contributed by atoms with Crippen LogP contribution in [-0.4, -0.2) is 40.0 Å². The lowest BCUT2D eigenvalue weighted by atomic mass is 10.5. The van der Waals surface area contributed by atoms with Gasteiger partial charge < -0.3 is 9.30 Å². The molecule has 11 nitrogen and oxygen atoms in total. The molecular formula is C14H20N6O5S2. The number of carbonyl (C=O) groups excluding carboxylic acids is 1. The van der Waals surface area contributed by atoms with Crippen LogP contribution >= 0.6 is 11.3 Å². The van der Waals surface area contributed by atoms with Gasteiger partial charge in [0.15, 0.2) is 0 Å². The Kier molecular flexibility index (Phi) is 5.51. The van der Waals surface area contributed by atoms with E-state index in [1.807, 2.05) is 6.92 Å². The highest BCUT2D eigenvalue weighted by molar-refractivity contribution is 7.88. The van der Waals surface area contributed by atoms with Crippen molar-refractivity contribution in [2.24, 2.45) is 17.4 Å². The van der Waals surface area contributed by atoms with E-state index in [4.69, 9.17) is 4.74 Å². The molecule has 0 saturated heterocycles. The van der Waals surface area contributed by atoms with Gasteiger partial charge in [-0.3, -0.25) is 0 Å². The molecule has 0 aromatic carbocycles. The number of rotatable bonds is 7. The van der Waals surface area contributed by atoms with E-state index < -0.39 is 21.9 Å². The van der Waals surface area contributed by atoms with Gasteiger partial charge >= 0.3 is 27.9 Å². The minimum absolute atomic E-state index is 0.0459. The van der Waals surface area contributed by atoms with Crippen molar-refractivity contribution in [2.75, 3.05) is 6.61 Å². The summed E-state index contributed by atoms with van der Waals surface area (Å²) in [5.74, 6) is 0.430. The number of hydrogen-bond donors (Lipinski definition) is 1. The molecule has 1 fully saturated rings. The summed E-state index contributed by atoms with van der Waals surface area (Å²) in [6, 6.07) is -1.27. The van der Waals surface area contributed by atoms with Crippen LogP contribution in [0.2, 0.25) is 0 Å². The molecule has 0 unspecified atom stereocenters. The molecular weight excluding hydrogens is 396 g/mol. The zero-order valence-electron chi connectivity index (χ0n) is 14.9. The van der Waals surface area contributed by atoms with Crippen molar-refractivity contribution in [3.05, 3.63) is 26.9 Å². The highest BCUT2D eigenvalue weighted by atomic mass is 32.2. The van der Waals surface area contributed by atoms with Crippen LogP contribution < -0.4 is 20.0 Å². The molecule has 13 heteroatoms. The normalized spacial score (nSPS) is 15.1. The average Bonchev–Trinajstić information content (AvgIpc) is 3.27. The molecule has 2 heterocycles. The van der Waals surface area contributed by atoms with Crippen molar-refractivity contribution >= 4 is 27.6 Å². The van der Waals surface area contributed by atoms with Crippen LogP contribution in [0.1, 0.15) is 26.2 Å². The lowest BCUT2D eigenvalue weighted by Crippen LogP contribution is -2.40. The number of ether oxygens (including phenoxy) is 1. The first-order valence-electron chi connectivity index (χ1n) is 8.36. The maximum Gasteiger partial charge on any atom is 0.361 e. The maximum absolute atomic E-state index is 12.2. The Morgan fingerprint density at radius 1 is 1.48 bits per heavy atom. The minimum Gasteiger partial charge on any atom is -0.463 e. The van der Waals surface area contributed by atoms with Gasteiger partial charge in [-0.1, -0.05) is 6.92 Å². The van der Waals surface area contributed by atoms with Crippen molar-refractivity contribution in [1.82, 2.24) is 23.6 Å². The van der Waals surface area contributed by atoms with Gasteiger partial charge in [0.1, 0.15) is 0 Å². The Hall–Kier alpha value is -2.41. The quantitative estimate of drug-likeness (QED) is 0.679. The summed E-state index contributed by atoms with van der Waals surface area (Å²) < 4.78 is 38.2. The first-order valence-corrected chi connectivity index (χ1v) is 10.7. The molecule has 0 bridgehead atoms. The third-order valence-corrected chi connectivity index (χ3v) is 5.57. The zero-order valence-corrected chi connectivity index (χ0v) is 16.5. The Morgan fingerprint density at radius 3 is 2.89 bits per heavy atom.